The van der Waals surface area contributed by atoms with Crippen LogP contribution in [0.4, 0.5) is 16.0 Å². The number of carbonyl (C=O) groups is 2. The summed E-state index contributed by atoms with van der Waals surface area (Å²) in [6, 6.07) is 13.8. The van der Waals surface area contributed by atoms with Crippen LogP contribution in [0.3, 0.4) is 0 Å². The molecule has 4 N–H and O–H groups in total. The number of halogens is 2. The van der Waals surface area contributed by atoms with Crippen molar-refractivity contribution in [2.24, 2.45) is 0 Å². The minimum absolute atomic E-state index is 0.222. The molecule has 4 aromatic rings. The number of nitrogens with zero attached hydrogens (tertiary/aromatic N) is 3. The number of benzene rings is 2. The second-order valence-corrected chi connectivity index (χ2v) is 11.1. The highest BCUT2D eigenvalue weighted by Gasteiger charge is 2.30. The third-order valence-electron chi connectivity index (χ3n) is 7.06. The zero-order chi connectivity index (χ0) is 29.6. The Morgan fingerprint density at radius 2 is 1.86 bits per heavy atom. The summed E-state index contributed by atoms with van der Waals surface area (Å²) in [5, 5.41) is 10.4. The largest absolute Gasteiger partial charge is 0.360 e. The van der Waals surface area contributed by atoms with Crippen molar-refractivity contribution in [1.82, 2.24) is 25.2 Å². The van der Waals surface area contributed by atoms with E-state index in [4.69, 9.17) is 11.6 Å². The Morgan fingerprint density at radius 1 is 1.10 bits per heavy atom. The lowest BCUT2D eigenvalue weighted by Gasteiger charge is -2.32. The molecule has 3 atom stereocenters. The molecule has 11 heteroatoms. The van der Waals surface area contributed by atoms with Gasteiger partial charge in [-0.25, -0.2) is 14.4 Å². The Balaban J connectivity index is 1.20. The predicted octanol–water partition coefficient (Wildman–Crippen LogP) is 5.44. The standard InChI is InChI=1S/C31H33ClFN7O2/c1-40(2)13-5-8-28(41)36-21-11-9-19(10-12-21)30(42)37-22-14-20(33)15-23(16-22)38-31-35-18-26(32)29(39-31)25-17-34-27-7-4-3-6-24(25)27/h3-12,17-18,20,22-23,34H,13-16H2,1-2H3,(H,36,41)(H,37,42)(H,35,38,39)/t20-,22+,23-/m1/s1. The molecule has 5 rings (SSSR count). The molecular formula is C31H33ClFN7O2. The summed E-state index contributed by atoms with van der Waals surface area (Å²) in [5.41, 5.74) is 3.39. The second-order valence-electron chi connectivity index (χ2n) is 10.7. The third kappa shape index (κ3) is 7.32. The molecular weight excluding hydrogens is 557 g/mol. The second kappa shape index (κ2) is 13.1. The number of rotatable bonds is 9. The van der Waals surface area contributed by atoms with E-state index >= 15 is 0 Å². The van der Waals surface area contributed by atoms with Crippen molar-refractivity contribution in [2.75, 3.05) is 31.3 Å². The highest BCUT2D eigenvalue weighted by molar-refractivity contribution is 6.33. The van der Waals surface area contributed by atoms with Crippen molar-refractivity contribution in [2.45, 2.75) is 37.5 Å². The Kier molecular flexibility index (Phi) is 9.14. The fourth-order valence-electron chi connectivity index (χ4n) is 5.09. The molecule has 0 bridgehead atoms. The van der Waals surface area contributed by atoms with Crippen LogP contribution in [0, 0.1) is 0 Å². The molecule has 1 fully saturated rings. The Hall–Kier alpha value is -4.28. The predicted molar refractivity (Wildman–Crippen MR) is 165 cm³/mol. The number of para-hydroxylation sites is 1. The van der Waals surface area contributed by atoms with Gasteiger partial charge in [0.2, 0.25) is 11.9 Å². The van der Waals surface area contributed by atoms with Crippen LogP contribution in [0.5, 0.6) is 0 Å². The number of hydrogen-bond acceptors (Lipinski definition) is 6. The molecule has 2 heterocycles. The van der Waals surface area contributed by atoms with E-state index in [0.717, 1.165) is 16.5 Å². The minimum atomic E-state index is -1.10. The quantitative estimate of drug-likeness (QED) is 0.193. The number of alkyl halides is 1. The van der Waals surface area contributed by atoms with Crippen molar-refractivity contribution >= 4 is 46.0 Å². The van der Waals surface area contributed by atoms with Crippen LogP contribution in [0.25, 0.3) is 22.2 Å². The van der Waals surface area contributed by atoms with Gasteiger partial charge in [0.25, 0.3) is 5.91 Å². The molecule has 1 saturated carbocycles. The first-order valence-corrected chi connectivity index (χ1v) is 14.2. The van der Waals surface area contributed by atoms with Gasteiger partial charge in [-0.2, -0.15) is 0 Å². The zero-order valence-corrected chi connectivity index (χ0v) is 24.2. The van der Waals surface area contributed by atoms with Gasteiger partial charge in [0.15, 0.2) is 0 Å². The van der Waals surface area contributed by atoms with Crippen LogP contribution in [0.1, 0.15) is 29.6 Å². The highest BCUT2D eigenvalue weighted by Crippen LogP contribution is 2.33. The van der Waals surface area contributed by atoms with E-state index in [1.54, 1.807) is 30.3 Å². The number of fused-ring (bicyclic) bond motifs is 1. The first-order chi connectivity index (χ1) is 20.2. The fraction of sp³-hybridized carbons (Fsp3) is 0.290. The molecule has 42 heavy (non-hydrogen) atoms. The monoisotopic (exact) mass is 589 g/mol. The molecule has 1 aliphatic carbocycles. The molecule has 2 amide bonds. The zero-order valence-electron chi connectivity index (χ0n) is 23.4. The summed E-state index contributed by atoms with van der Waals surface area (Å²) in [7, 11) is 3.83. The Morgan fingerprint density at radius 3 is 2.64 bits per heavy atom. The van der Waals surface area contributed by atoms with Crippen LogP contribution in [0.2, 0.25) is 5.02 Å². The van der Waals surface area contributed by atoms with Crippen LogP contribution in [0.15, 0.2) is 73.1 Å². The van der Waals surface area contributed by atoms with Gasteiger partial charge in [0.1, 0.15) is 6.17 Å². The number of nitrogens with one attached hydrogen (secondary N) is 4. The van der Waals surface area contributed by atoms with Crippen LogP contribution >= 0.6 is 11.6 Å². The smallest absolute Gasteiger partial charge is 0.251 e. The van der Waals surface area contributed by atoms with E-state index in [1.165, 1.54) is 12.3 Å². The number of aromatic nitrogens is 3. The van der Waals surface area contributed by atoms with Gasteiger partial charge in [-0.15, -0.1) is 0 Å². The summed E-state index contributed by atoms with van der Waals surface area (Å²) >= 11 is 6.46. The molecule has 2 aromatic heterocycles. The maximum absolute atomic E-state index is 14.8. The summed E-state index contributed by atoms with van der Waals surface area (Å²) in [6.45, 7) is 0.655. The van der Waals surface area contributed by atoms with Gasteiger partial charge < -0.3 is 25.8 Å². The maximum atomic E-state index is 14.8. The van der Waals surface area contributed by atoms with E-state index in [0.29, 0.717) is 40.9 Å². The van der Waals surface area contributed by atoms with E-state index in [9.17, 15) is 14.0 Å². The Bertz CT molecular complexity index is 1590. The van der Waals surface area contributed by atoms with Crippen molar-refractivity contribution < 1.29 is 14.0 Å². The number of likely N-dealkylation sites (N-methyl/N-ethyl adjacent to an activating group) is 1. The lowest BCUT2D eigenvalue weighted by atomic mass is 9.89. The lowest BCUT2D eigenvalue weighted by molar-refractivity contribution is -0.111. The molecule has 1 aliphatic rings. The number of hydrogen-bond donors (Lipinski definition) is 4. The molecule has 0 aliphatic heterocycles. The number of aromatic amines is 1. The van der Waals surface area contributed by atoms with Gasteiger partial charge in [-0.3, -0.25) is 9.59 Å². The van der Waals surface area contributed by atoms with Gasteiger partial charge in [0, 0.05) is 58.6 Å². The van der Waals surface area contributed by atoms with Gasteiger partial charge >= 0.3 is 0 Å². The molecule has 0 unspecified atom stereocenters. The summed E-state index contributed by atoms with van der Waals surface area (Å²) in [5.74, 6) is -0.207. The number of carbonyl (C=O) groups excluding carboxylic acids is 2. The average Bonchev–Trinajstić information content (AvgIpc) is 3.38. The van der Waals surface area contributed by atoms with Gasteiger partial charge in [-0.05, 0) is 63.7 Å². The first kappa shape index (κ1) is 29.2. The van der Waals surface area contributed by atoms with Crippen molar-refractivity contribution in [3.63, 3.8) is 0 Å². The molecule has 0 saturated heterocycles. The summed E-state index contributed by atoms with van der Waals surface area (Å²) in [6.07, 6.45) is 6.54. The normalized spacial score (nSPS) is 18.8. The van der Waals surface area contributed by atoms with Crippen molar-refractivity contribution in [3.05, 3.63) is 83.7 Å². The van der Waals surface area contributed by atoms with Gasteiger partial charge in [0.05, 0.1) is 16.9 Å². The Labute approximate surface area is 248 Å². The van der Waals surface area contributed by atoms with Crippen molar-refractivity contribution in [1.29, 1.82) is 0 Å². The van der Waals surface area contributed by atoms with E-state index < -0.39 is 6.17 Å². The fourth-order valence-corrected chi connectivity index (χ4v) is 5.28. The minimum Gasteiger partial charge on any atom is -0.360 e. The lowest BCUT2D eigenvalue weighted by Crippen LogP contribution is -2.45. The van der Waals surface area contributed by atoms with Crippen molar-refractivity contribution in [3.8, 4) is 11.3 Å². The molecule has 218 valence electrons. The molecule has 9 nitrogen and oxygen atoms in total. The van der Waals surface area contributed by atoms with E-state index in [1.807, 2.05) is 49.5 Å². The highest BCUT2D eigenvalue weighted by atomic mass is 35.5. The molecule has 2 aromatic carbocycles. The SMILES string of the molecule is CN(C)CC=CC(=O)Nc1ccc(C(=O)N[C@H]2C[C@@H](F)C[C@@H](Nc3ncc(Cl)c(-c4c[nH]c5ccccc45)n3)C2)cc1. The van der Waals surface area contributed by atoms with E-state index in [2.05, 4.69) is 30.9 Å². The van der Waals surface area contributed by atoms with E-state index in [-0.39, 0.29) is 36.7 Å². The first-order valence-electron chi connectivity index (χ1n) is 13.8. The summed E-state index contributed by atoms with van der Waals surface area (Å²) in [4.78, 5) is 39.2. The van der Waals surface area contributed by atoms with Crippen LogP contribution in [-0.4, -0.2) is 70.6 Å². The average molecular weight is 590 g/mol. The number of amides is 2. The number of H-pyrrole nitrogens is 1. The molecule has 0 spiro atoms. The third-order valence-corrected chi connectivity index (χ3v) is 7.34. The van der Waals surface area contributed by atoms with Gasteiger partial charge in [-0.1, -0.05) is 35.9 Å². The topological polar surface area (TPSA) is 115 Å². The molecule has 0 radical (unpaired) electrons. The van der Waals surface area contributed by atoms with Crippen LogP contribution < -0.4 is 16.0 Å². The van der Waals surface area contributed by atoms with Crippen LogP contribution in [-0.2, 0) is 4.79 Å². The number of anilines is 2. The maximum Gasteiger partial charge on any atom is 0.251 e. The summed E-state index contributed by atoms with van der Waals surface area (Å²) < 4.78 is 14.8.